The van der Waals surface area contributed by atoms with Gasteiger partial charge in [-0.15, -0.1) is 0 Å². The first-order valence-corrected chi connectivity index (χ1v) is 13.7. The number of aliphatic carboxylic acids is 1. The van der Waals surface area contributed by atoms with E-state index in [4.69, 9.17) is 4.74 Å². The van der Waals surface area contributed by atoms with Crippen LogP contribution in [0.2, 0.25) is 0 Å². The average molecular weight is 551 g/mol. The first-order valence-electron chi connectivity index (χ1n) is 13.7. The van der Waals surface area contributed by atoms with Crippen LogP contribution < -0.4 is 15.4 Å². The van der Waals surface area contributed by atoms with Crippen LogP contribution in [0, 0.1) is 0 Å². The Morgan fingerprint density at radius 2 is 1.37 bits per heavy atom. The molecule has 4 aromatic carbocycles. The van der Waals surface area contributed by atoms with Gasteiger partial charge in [-0.1, -0.05) is 84.9 Å². The van der Waals surface area contributed by atoms with Crippen LogP contribution in [-0.2, 0) is 11.2 Å². The van der Waals surface area contributed by atoms with Gasteiger partial charge in [0.1, 0.15) is 18.4 Å². The number of nitrogens with one attached hydrogen (secondary N) is 2. The molecule has 4 aromatic rings. The summed E-state index contributed by atoms with van der Waals surface area (Å²) in [5.74, 6) is -0.347. The van der Waals surface area contributed by atoms with Gasteiger partial charge >= 0.3 is 5.97 Å². The van der Waals surface area contributed by atoms with Crippen LogP contribution in [0.1, 0.15) is 44.7 Å². The molecule has 3 N–H and O–H groups in total. The normalized spacial score (nSPS) is 11.4. The number of rotatable bonds is 16. The predicted octanol–water partition coefficient (Wildman–Crippen LogP) is 5.66. The summed E-state index contributed by atoms with van der Waals surface area (Å²) in [5.41, 5.74) is 3.01. The van der Waals surface area contributed by atoms with E-state index in [2.05, 4.69) is 10.6 Å². The van der Waals surface area contributed by atoms with Crippen molar-refractivity contribution in [2.45, 2.75) is 25.3 Å². The fourth-order valence-corrected chi connectivity index (χ4v) is 4.41. The van der Waals surface area contributed by atoms with E-state index in [-0.39, 0.29) is 18.0 Å². The third-order valence-corrected chi connectivity index (χ3v) is 6.60. The summed E-state index contributed by atoms with van der Waals surface area (Å²) < 4.78 is 5.79. The van der Waals surface area contributed by atoms with E-state index >= 15 is 0 Å². The minimum Gasteiger partial charge on any atom is -0.492 e. The quantitative estimate of drug-likeness (QED) is 0.122. The third kappa shape index (κ3) is 8.88. The van der Waals surface area contributed by atoms with Gasteiger partial charge in [-0.2, -0.15) is 0 Å². The second-order valence-electron chi connectivity index (χ2n) is 9.62. The predicted molar refractivity (Wildman–Crippen MR) is 160 cm³/mol. The zero-order chi connectivity index (χ0) is 28.9. The SMILES string of the molecule is O=C(CCCNCCOc1ccc(C[C@H](Nc2ccccc2C(=O)c2ccccc2)C(=O)O)cc1)c1ccccc1. The standard InChI is InChI=1S/C34H34N2O5/c37-32(26-10-3-1-4-11-26)16-9-21-35-22-23-41-28-19-17-25(18-20-28)24-31(34(39)40)36-30-15-8-7-14-29(30)33(38)27-12-5-2-6-13-27/h1-8,10-15,17-20,31,35-36H,9,16,21-24H2,(H,39,40)/t31-/m0/s1. The van der Waals surface area contributed by atoms with Gasteiger partial charge < -0.3 is 20.5 Å². The molecule has 0 radical (unpaired) electrons. The number of ketones is 2. The highest BCUT2D eigenvalue weighted by Crippen LogP contribution is 2.22. The van der Waals surface area contributed by atoms with Crippen molar-refractivity contribution in [3.63, 3.8) is 0 Å². The second kappa shape index (κ2) is 15.1. The first-order chi connectivity index (χ1) is 20.0. The lowest BCUT2D eigenvalue weighted by atomic mass is 10.00. The minimum absolute atomic E-state index is 0.147. The monoisotopic (exact) mass is 550 g/mol. The maximum atomic E-state index is 13.0. The number of carbonyl (C=O) groups is 3. The number of ether oxygens (including phenoxy) is 1. The molecular formula is C34H34N2O5. The maximum absolute atomic E-state index is 13.0. The number of Topliss-reactive ketones (excluding diaryl/α,β-unsaturated/α-hetero) is 1. The molecule has 0 aromatic heterocycles. The fourth-order valence-electron chi connectivity index (χ4n) is 4.41. The van der Waals surface area contributed by atoms with Gasteiger partial charge in [-0.05, 0) is 42.8 Å². The van der Waals surface area contributed by atoms with Crippen LogP contribution in [0.15, 0.2) is 109 Å². The Kier molecular flexibility index (Phi) is 10.8. The molecule has 1 atom stereocenters. The molecule has 7 heteroatoms. The zero-order valence-electron chi connectivity index (χ0n) is 22.8. The first kappa shape index (κ1) is 29.2. The number of para-hydroxylation sites is 1. The van der Waals surface area contributed by atoms with Crippen molar-refractivity contribution in [2.75, 3.05) is 25.0 Å². The highest BCUT2D eigenvalue weighted by Gasteiger charge is 2.21. The molecule has 0 heterocycles. The van der Waals surface area contributed by atoms with E-state index in [1.807, 2.05) is 60.7 Å². The number of anilines is 1. The largest absolute Gasteiger partial charge is 0.492 e. The minimum atomic E-state index is -1.01. The fraction of sp³-hybridized carbons (Fsp3) is 0.206. The smallest absolute Gasteiger partial charge is 0.326 e. The molecule has 0 amide bonds. The second-order valence-corrected chi connectivity index (χ2v) is 9.62. The molecule has 0 saturated heterocycles. The van der Waals surface area contributed by atoms with Crippen molar-refractivity contribution in [3.05, 3.63) is 131 Å². The van der Waals surface area contributed by atoms with E-state index in [1.165, 1.54) is 0 Å². The lowest BCUT2D eigenvalue weighted by Gasteiger charge is -2.18. The third-order valence-electron chi connectivity index (χ3n) is 6.60. The summed E-state index contributed by atoms with van der Waals surface area (Å²) >= 11 is 0. The maximum Gasteiger partial charge on any atom is 0.326 e. The lowest BCUT2D eigenvalue weighted by Crippen LogP contribution is -2.32. The molecule has 0 aliphatic heterocycles. The summed E-state index contributed by atoms with van der Waals surface area (Å²) in [6, 6.07) is 31.6. The number of carboxylic acids is 1. The van der Waals surface area contributed by atoms with E-state index in [0.717, 1.165) is 24.1 Å². The van der Waals surface area contributed by atoms with Gasteiger partial charge in [0.15, 0.2) is 11.6 Å². The molecule has 4 rings (SSSR count). The van der Waals surface area contributed by atoms with E-state index in [9.17, 15) is 19.5 Å². The Morgan fingerprint density at radius 1 is 0.732 bits per heavy atom. The van der Waals surface area contributed by atoms with Gasteiger partial charge in [0.05, 0.1) is 0 Å². The summed E-state index contributed by atoms with van der Waals surface area (Å²) in [5, 5.41) is 16.2. The van der Waals surface area contributed by atoms with Gasteiger partial charge in [-0.3, -0.25) is 9.59 Å². The van der Waals surface area contributed by atoms with E-state index < -0.39 is 12.0 Å². The van der Waals surface area contributed by atoms with Crippen molar-refractivity contribution in [1.29, 1.82) is 0 Å². The zero-order valence-corrected chi connectivity index (χ0v) is 22.8. The van der Waals surface area contributed by atoms with Gasteiger partial charge in [0.25, 0.3) is 0 Å². The van der Waals surface area contributed by atoms with Crippen LogP contribution >= 0.6 is 0 Å². The molecule has 0 saturated carbocycles. The number of carboxylic acid groups (broad SMARTS) is 1. The molecule has 0 aliphatic rings. The summed E-state index contributed by atoms with van der Waals surface area (Å²) in [6.07, 6.45) is 1.49. The van der Waals surface area contributed by atoms with Crippen molar-refractivity contribution in [1.82, 2.24) is 5.32 Å². The van der Waals surface area contributed by atoms with Crippen LogP contribution in [0.4, 0.5) is 5.69 Å². The Balaban J connectivity index is 1.23. The number of carbonyl (C=O) groups excluding carboxylic acids is 2. The van der Waals surface area contributed by atoms with Gasteiger partial charge in [0.2, 0.25) is 0 Å². The Labute approximate surface area is 240 Å². The van der Waals surface area contributed by atoms with Gasteiger partial charge in [-0.25, -0.2) is 4.79 Å². The Bertz CT molecular complexity index is 1420. The molecule has 210 valence electrons. The topological polar surface area (TPSA) is 105 Å². The highest BCUT2D eigenvalue weighted by molar-refractivity contribution is 6.12. The summed E-state index contributed by atoms with van der Waals surface area (Å²) in [6.45, 7) is 1.84. The molecule has 0 bridgehead atoms. The van der Waals surface area contributed by atoms with Crippen LogP contribution in [0.5, 0.6) is 5.75 Å². The molecule has 7 nitrogen and oxygen atoms in total. The number of hydrogen-bond donors (Lipinski definition) is 3. The van der Waals surface area contributed by atoms with Crippen molar-refractivity contribution in [3.8, 4) is 5.75 Å². The molecule has 0 unspecified atom stereocenters. The number of benzene rings is 4. The van der Waals surface area contributed by atoms with Crippen molar-refractivity contribution in [2.24, 2.45) is 0 Å². The molecule has 0 aliphatic carbocycles. The lowest BCUT2D eigenvalue weighted by molar-refractivity contribution is -0.137. The summed E-state index contributed by atoms with van der Waals surface area (Å²) in [4.78, 5) is 37.3. The van der Waals surface area contributed by atoms with Crippen LogP contribution in [0.25, 0.3) is 0 Å². The Morgan fingerprint density at radius 3 is 2.05 bits per heavy atom. The van der Waals surface area contributed by atoms with E-state index in [0.29, 0.717) is 42.1 Å². The Hall–Kier alpha value is -4.75. The van der Waals surface area contributed by atoms with Crippen LogP contribution in [-0.4, -0.2) is 48.4 Å². The molecule has 0 spiro atoms. The van der Waals surface area contributed by atoms with Crippen molar-refractivity contribution >= 4 is 23.2 Å². The molecule has 41 heavy (non-hydrogen) atoms. The van der Waals surface area contributed by atoms with E-state index in [1.54, 1.807) is 48.5 Å². The van der Waals surface area contributed by atoms with Gasteiger partial charge in [0, 0.05) is 41.8 Å². The highest BCUT2D eigenvalue weighted by atomic mass is 16.5. The van der Waals surface area contributed by atoms with Crippen LogP contribution in [0.3, 0.4) is 0 Å². The van der Waals surface area contributed by atoms with Crippen molar-refractivity contribution < 1.29 is 24.2 Å². The molecular weight excluding hydrogens is 516 g/mol. The molecule has 0 fully saturated rings. The number of hydrogen-bond acceptors (Lipinski definition) is 6. The average Bonchev–Trinajstić information content (AvgIpc) is 3.01. The summed E-state index contributed by atoms with van der Waals surface area (Å²) in [7, 11) is 0.